The lowest BCUT2D eigenvalue weighted by Gasteiger charge is -2.55. The summed E-state index contributed by atoms with van der Waals surface area (Å²) in [4.78, 5) is 37.3. The number of rotatable bonds is 2. The third kappa shape index (κ3) is 2.88. The van der Waals surface area contributed by atoms with Crippen LogP contribution < -0.4 is 0 Å². The van der Waals surface area contributed by atoms with Crippen molar-refractivity contribution in [3.8, 4) is 0 Å². The Labute approximate surface area is 162 Å². The van der Waals surface area contributed by atoms with Crippen molar-refractivity contribution < 1.29 is 19.5 Å². The number of ketones is 3. The van der Waals surface area contributed by atoms with Crippen LogP contribution in [0.3, 0.4) is 0 Å². The molecule has 0 aromatic rings. The number of Topliss-reactive ketones (excluding diaryl/α,β-unsaturated/α-hetero) is 2. The van der Waals surface area contributed by atoms with Crippen LogP contribution in [0, 0.1) is 34.5 Å². The van der Waals surface area contributed by atoms with Crippen LogP contribution >= 0.6 is 0 Å². The third-order valence-electron chi connectivity index (χ3n) is 7.80. The van der Waals surface area contributed by atoms with Crippen LogP contribution in [0.1, 0.15) is 59.8 Å². The van der Waals surface area contributed by atoms with Gasteiger partial charge in [0, 0.05) is 23.7 Å². The Morgan fingerprint density at radius 3 is 2.56 bits per heavy atom. The minimum absolute atomic E-state index is 0.0218. The van der Waals surface area contributed by atoms with Gasteiger partial charge in [-0.1, -0.05) is 39.3 Å². The van der Waals surface area contributed by atoms with E-state index in [2.05, 4.69) is 13.8 Å². The van der Waals surface area contributed by atoms with Crippen LogP contribution in [-0.4, -0.2) is 29.1 Å². The van der Waals surface area contributed by atoms with Crippen LogP contribution in [-0.2, 0) is 14.4 Å². The van der Waals surface area contributed by atoms with Gasteiger partial charge in [-0.25, -0.2) is 0 Å². The Morgan fingerprint density at radius 1 is 1.19 bits per heavy atom. The highest BCUT2D eigenvalue weighted by Gasteiger charge is 2.62. The van der Waals surface area contributed by atoms with Gasteiger partial charge in [0.05, 0.1) is 0 Å². The standard InChI is InChI=1S/C21H26O4.C2H6/c1-20-8-7-13(23)9-12(20)3-4-14-15-5-6-16(18(25)11-22)21(15,2)10-17(24)19(14)20;1-2/h7-9,14-16,19,22H,3-6,10-11H2,1-2H3;1-2H3. The SMILES string of the molecule is CC.CC12C=CC(=O)C=C1CCC1C2C(=O)CC2(C)C(C(=O)CO)CCC12. The molecule has 4 nitrogen and oxygen atoms in total. The Kier molecular flexibility index (Phi) is 5.33. The maximum absolute atomic E-state index is 13.3. The average molecular weight is 373 g/mol. The highest BCUT2D eigenvalue weighted by atomic mass is 16.3. The van der Waals surface area contributed by atoms with Crippen molar-refractivity contribution in [2.45, 2.75) is 59.8 Å². The van der Waals surface area contributed by atoms with E-state index >= 15 is 0 Å². The topological polar surface area (TPSA) is 71.4 Å². The van der Waals surface area contributed by atoms with Gasteiger partial charge in [-0.2, -0.15) is 0 Å². The predicted octanol–water partition coefficient (Wildman–Crippen LogP) is 3.68. The quantitative estimate of drug-likeness (QED) is 0.803. The van der Waals surface area contributed by atoms with Gasteiger partial charge in [0.15, 0.2) is 11.6 Å². The second-order valence-electron chi connectivity index (χ2n) is 8.88. The van der Waals surface area contributed by atoms with Crippen LogP contribution in [0.25, 0.3) is 0 Å². The zero-order chi connectivity index (χ0) is 20.0. The van der Waals surface area contributed by atoms with E-state index in [1.165, 1.54) is 0 Å². The van der Waals surface area contributed by atoms with Crippen LogP contribution in [0.5, 0.6) is 0 Å². The molecule has 3 fully saturated rings. The zero-order valence-corrected chi connectivity index (χ0v) is 17.0. The fraction of sp³-hybridized carbons (Fsp3) is 0.696. The molecule has 27 heavy (non-hydrogen) atoms. The summed E-state index contributed by atoms with van der Waals surface area (Å²) in [6, 6.07) is 0. The van der Waals surface area contributed by atoms with E-state index in [1.54, 1.807) is 12.2 Å². The Bertz CT molecular complexity index is 718. The van der Waals surface area contributed by atoms with E-state index in [0.29, 0.717) is 12.3 Å². The molecular weight excluding hydrogens is 340 g/mol. The van der Waals surface area contributed by atoms with Crippen molar-refractivity contribution >= 4 is 17.3 Å². The molecule has 6 unspecified atom stereocenters. The Balaban J connectivity index is 0.00000102. The molecule has 148 valence electrons. The average Bonchev–Trinajstić information content (AvgIpc) is 2.99. The van der Waals surface area contributed by atoms with Gasteiger partial charge < -0.3 is 5.11 Å². The minimum Gasteiger partial charge on any atom is -0.389 e. The van der Waals surface area contributed by atoms with E-state index in [4.69, 9.17) is 0 Å². The predicted molar refractivity (Wildman–Crippen MR) is 104 cm³/mol. The molecule has 4 heteroatoms. The summed E-state index contributed by atoms with van der Waals surface area (Å²) in [5, 5.41) is 9.34. The summed E-state index contributed by atoms with van der Waals surface area (Å²) in [7, 11) is 0. The summed E-state index contributed by atoms with van der Waals surface area (Å²) < 4.78 is 0. The van der Waals surface area contributed by atoms with Crippen molar-refractivity contribution in [1.82, 2.24) is 0 Å². The van der Waals surface area contributed by atoms with E-state index in [0.717, 1.165) is 31.3 Å². The molecule has 1 N–H and O–H groups in total. The summed E-state index contributed by atoms with van der Waals surface area (Å²) in [5.74, 6) is 0.477. The summed E-state index contributed by atoms with van der Waals surface area (Å²) in [6.45, 7) is 7.76. The fourth-order valence-corrected chi connectivity index (χ4v) is 6.67. The number of hydrogen-bond acceptors (Lipinski definition) is 4. The first kappa shape index (κ1) is 20.2. The van der Waals surface area contributed by atoms with Crippen molar-refractivity contribution in [3.05, 3.63) is 23.8 Å². The summed E-state index contributed by atoms with van der Waals surface area (Å²) in [6.07, 6.45) is 9.21. The van der Waals surface area contributed by atoms with Crippen molar-refractivity contribution in [2.24, 2.45) is 34.5 Å². The van der Waals surface area contributed by atoms with Crippen LogP contribution in [0.2, 0.25) is 0 Å². The first-order chi connectivity index (χ1) is 12.8. The number of aliphatic hydroxyl groups excluding tert-OH is 1. The molecule has 0 saturated heterocycles. The molecule has 0 bridgehead atoms. The molecular formula is C23H32O4. The summed E-state index contributed by atoms with van der Waals surface area (Å²) in [5.41, 5.74) is 0.428. The van der Waals surface area contributed by atoms with Crippen molar-refractivity contribution in [2.75, 3.05) is 6.61 Å². The van der Waals surface area contributed by atoms with Gasteiger partial charge in [-0.3, -0.25) is 14.4 Å². The van der Waals surface area contributed by atoms with E-state index in [9.17, 15) is 19.5 Å². The second-order valence-corrected chi connectivity index (χ2v) is 8.88. The molecule has 6 atom stereocenters. The second kappa shape index (κ2) is 7.12. The number of carbonyl (C=O) groups is 3. The number of fused-ring (bicyclic) bond motifs is 5. The lowest BCUT2D eigenvalue weighted by atomic mass is 9.47. The highest BCUT2D eigenvalue weighted by molar-refractivity contribution is 6.01. The first-order valence-electron chi connectivity index (χ1n) is 10.4. The molecule has 0 aromatic carbocycles. The molecule has 4 aliphatic carbocycles. The molecule has 0 radical (unpaired) electrons. The van der Waals surface area contributed by atoms with E-state index in [-0.39, 0.29) is 45.9 Å². The largest absolute Gasteiger partial charge is 0.389 e. The number of allylic oxidation sites excluding steroid dienone is 4. The number of carbonyl (C=O) groups excluding carboxylic acids is 3. The first-order valence-corrected chi connectivity index (χ1v) is 10.4. The smallest absolute Gasteiger partial charge is 0.178 e. The van der Waals surface area contributed by atoms with Gasteiger partial charge in [0.25, 0.3) is 0 Å². The van der Waals surface area contributed by atoms with Gasteiger partial charge in [-0.05, 0) is 55.1 Å². The molecule has 4 aliphatic rings. The van der Waals surface area contributed by atoms with Crippen molar-refractivity contribution in [1.29, 1.82) is 0 Å². The maximum Gasteiger partial charge on any atom is 0.178 e. The maximum atomic E-state index is 13.3. The van der Waals surface area contributed by atoms with Gasteiger partial charge >= 0.3 is 0 Å². The lowest BCUT2D eigenvalue weighted by molar-refractivity contribution is -0.146. The van der Waals surface area contributed by atoms with Gasteiger partial charge in [-0.15, -0.1) is 0 Å². The van der Waals surface area contributed by atoms with Gasteiger partial charge in [0.1, 0.15) is 12.4 Å². The molecule has 3 saturated carbocycles. The molecule has 0 heterocycles. The Hall–Kier alpha value is -1.55. The normalized spacial score (nSPS) is 42.3. The van der Waals surface area contributed by atoms with E-state index in [1.807, 2.05) is 19.9 Å². The number of aliphatic hydroxyl groups is 1. The molecule has 0 aromatic heterocycles. The molecule has 0 aliphatic heterocycles. The lowest BCUT2D eigenvalue weighted by Crippen LogP contribution is -2.54. The summed E-state index contributed by atoms with van der Waals surface area (Å²) >= 11 is 0. The molecule has 0 spiro atoms. The van der Waals surface area contributed by atoms with Crippen LogP contribution in [0.4, 0.5) is 0 Å². The zero-order valence-electron chi connectivity index (χ0n) is 17.0. The monoisotopic (exact) mass is 372 g/mol. The molecule has 0 amide bonds. The third-order valence-corrected chi connectivity index (χ3v) is 7.80. The Morgan fingerprint density at radius 2 is 1.89 bits per heavy atom. The molecule has 4 rings (SSSR count). The van der Waals surface area contributed by atoms with Crippen molar-refractivity contribution in [3.63, 3.8) is 0 Å². The minimum atomic E-state index is -0.426. The number of hydrogen-bond donors (Lipinski definition) is 1. The highest BCUT2D eigenvalue weighted by Crippen LogP contribution is 2.64. The van der Waals surface area contributed by atoms with Crippen LogP contribution in [0.15, 0.2) is 23.8 Å². The fourth-order valence-electron chi connectivity index (χ4n) is 6.67. The van der Waals surface area contributed by atoms with E-state index < -0.39 is 6.61 Å². The van der Waals surface area contributed by atoms with Gasteiger partial charge in [0.2, 0.25) is 0 Å².